The number of amides is 1. The van der Waals surface area contributed by atoms with Crippen molar-refractivity contribution < 1.29 is 18.8 Å². The van der Waals surface area contributed by atoms with Crippen molar-refractivity contribution in [3.8, 4) is 5.75 Å². The average molecular weight is 497 g/mol. The molecule has 2 aliphatic rings. The van der Waals surface area contributed by atoms with E-state index in [4.69, 9.17) is 14.0 Å². The second-order valence-corrected chi connectivity index (χ2v) is 10.4. The lowest BCUT2D eigenvalue weighted by Gasteiger charge is -2.32. The van der Waals surface area contributed by atoms with Crippen LogP contribution in [0.25, 0.3) is 16.2 Å². The second kappa shape index (κ2) is 9.47. The normalized spacial score (nSPS) is 18.1. The summed E-state index contributed by atoms with van der Waals surface area (Å²) in [5.41, 5.74) is 2.74. The van der Waals surface area contributed by atoms with E-state index in [1.54, 1.807) is 7.05 Å². The third-order valence-electron chi connectivity index (χ3n) is 7.52. The van der Waals surface area contributed by atoms with Gasteiger partial charge in [0.05, 0.1) is 17.8 Å². The Balaban J connectivity index is 1.68. The number of rotatable bonds is 6. The molecule has 0 spiro atoms. The maximum absolute atomic E-state index is 13.6. The Hall–Kier alpha value is -3.42. The number of likely N-dealkylation sites (N-methyl/N-ethyl adjacent to an activating group) is 1. The SMILES string of the molecule is CCOc1ccc(/C(B2OC(C)(C)C(C)(C)O2)=C(\B2Nc3cccc4cccc(c34)N2)C(=O)NC)cc1. The molecular weight excluding hydrogens is 464 g/mol. The maximum Gasteiger partial charge on any atom is 0.495 e. The molecule has 0 aliphatic carbocycles. The highest BCUT2D eigenvalue weighted by molar-refractivity contribution is 6.85. The fourth-order valence-electron chi connectivity index (χ4n) is 4.89. The van der Waals surface area contributed by atoms with Gasteiger partial charge in [-0.2, -0.15) is 0 Å². The molecule has 9 heteroatoms. The van der Waals surface area contributed by atoms with Gasteiger partial charge >= 0.3 is 14.1 Å². The zero-order valence-electron chi connectivity index (χ0n) is 22.3. The highest BCUT2D eigenvalue weighted by Crippen LogP contribution is 2.43. The smallest absolute Gasteiger partial charge is 0.494 e. The number of benzene rings is 3. The van der Waals surface area contributed by atoms with Gasteiger partial charge in [-0.1, -0.05) is 36.4 Å². The number of carbonyl (C=O) groups is 1. The molecule has 0 aromatic heterocycles. The van der Waals surface area contributed by atoms with Crippen molar-refractivity contribution in [1.82, 2.24) is 5.32 Å². The summed E-state index contributed by atoms with van der Waals surface area (Å²) in [6.07, 6.45) is 0. The molecule has 0 bridgehead atoms. The van der Waals surface area contributed by atoms with E-state index in [9.17, 15) is 4.79 Å². The Kier molecular flexibility index (Phi) is 6.46. The van der Waals surface area contributed by atoms with Crippen molar-refractivity contribution in [3.05, 3.63) is 71.7 Å². The van der Waals surface area contributed by atoms with Crippen molar-refractivity contribution in [3.63, 3.8) is 0 Å². The van der Waals surface area contributed by atoms with E-state index >= 15 is 0 Å². The minimum absolute atomic E-state index is 0.227. The van der Waals surface area contributed by atoms with Gasteiger partial charge in [0.1, 0.15) is 5.75 Å². The van der Waals surface area contributed by atoms with Crippen LogP contribution in [0.15, 0.2) is 66.1 Å². The third-order valence-corrected chi connectivity index (χ3v) is 7.52. The molecule has 0 atom stereocenters. The predicted octanol–water partition coefficient (Wildman–Crippen LogP) is 4.93. The first-order valence-corrected chi connectivity index (χ1v) is 12.7. The molecular formula is C28H33B2N3O4. The van der Waals surface area contributed by atoms with Gasteiger partial charge in [-0.15, -0.1) is 0 Å². The summed E-state index contributed by atoms with van der Waals surface area (Å²) in [5, 5.41) is 12.2. The van der Waals surface area contributed by atoms with Crippen LogP contribution in [0.1, 0.15) is 40.2 Å². The molecule has 1 amide bonds. The van der Waals surface area contributed by atoms with Gasteiger partial charge in [0.2, 0.25) is 5.91 Å². The standard InChI is InChI=1S/C28H33B2N3O4/c1-7-35-20-16-14-19(15-17-20)24(30-36-27(2,3)28(4,5)37-30)25(26(34)31-6)29-32-21-12-8-10-18-11-9-13-22(33-29)23(18)21/h8-17,32-33H,7H2,1-6H3,(H,31,34)/b25-24+. The molecule has 2 heterocycles. The zero-order valence-corrected chi connectivity index (χ0v) is 22.3. The van der Waals surface area contributed by atoms with Crippen molar-refractivity contribution in [2.24, 2.45) is 0 Å². The Morgan fingerprint density at radius 2 is 1.49 bits per heavy atom. The van der Waals surface area contributed by atoms with E-state index in [2.05, 4.69) is 27.9 Å². The molecule has 0 radical (unpaired) electrons. The minimum Gasteiger partial charge on any atom is -0.494 e. The van der Waals surface area contributed by atoms with Gasteiger partial charge in [-0.3, -0.25) is 4.79 Å². The van der Waals surface area contributed by atoms with E-state index in [-0.39, 0.29) is 5.91 Å². The first kappa shape index (κ1) is 25.2. The summed E-state index contributed by atoms with van der Waals surface area (Å²) in [6.45, 7) is 10.0. The van der Waals surface area contributed by atoms with Gasteiger partial charge in [-0.05, 0) is 75.3 Å². The van der Waals surface area contributed by atoms with Crippen molar-refractivity contribution in [2.75, 3.05) is 24.1 Å². The van der Waals surface area contributed by atoms with Crippen LogP contribution in [-0.4, -0.2) is 44.9 Å². The number of hydrogen-bond donors (Lipinski definition) is 3. The quantitative estimate of drug-likeness (QED) is 0.331. The van der Waals surface area contributed by atoms with Gasteiger partial charge in [0.15, 0.2) is 0 Å². The van der Waals surface area contributed by atoms with Crippen LogP contribution in [0.5, 0.6) is 5.75 Å². The lowest BCUT2D eigenvalue weighted by Crippen LogP contribution is -2.46. The Bertz CT molecular complexity index is 1310. The predicted molar refractivity (Wildman–Crippen MR) is 152 cm³/mol. The average Bonchev–Trinajstić information content (AvgIpc) is 3.09. The van der Waals surface area contributed by atoms with Crippen LogP contribution in [-0.2, 0) is 14.1 Å². The molecule has 5 rings (SSSR count). The summed E-state index contributed by atoms with van der Waals surface area (Å²) in [6, 6.07) is 20.0. The molecule has 1 saturated heterocycles. The lowest BCUT2D eigenvalue weighted by atomic mass is 9.56. The van der Waals surface area contributed by atoms with E-state index in [0.29, 0.717) is 17.6 Å². The molecule has 190 valence electrons. The highest BCUT2D eigenvalue weighted by atomic mass is 16.7. The van der Waals surface area contributed by atoms with Crippen LogP contribution in [0.2, 0.25) is 0 Å². The van der Waals surface area contributed by atoms with Crippen LogP contribution in [0.4, 0.5) is 11.4 Å². The summed E-state index contributed by atoms with van der Waals surface area (Å²) in [7, 11) is 0.881. The van der Waals surface area contributed by atoms with Crippen molar-refractivity contribution in [1.29, 1.82) is 0 Å². The lowest BCUT2D eigenvalue weighted by molar-refractivity contribution is -0.116. The number of ether oxygens (including phenoxy) is 1. The maximum atomic E-state index is 13.6. The van der Waals surface area contributed by atoms with Gasteiger partial charge in [0, 0.05) is 29.3 Å². The topological polar surface area (TPSA) is 80.8 Å². The minimum atomic E-state index is -0.758. The fraction of sp³-hybridized carbons (Fsp3) is 0.321. The monoisotopic (exact) mass is 497 g/mol. The molecule has 0 saturated carbocycles. The summed E-state index contributed by atoms with van der Waals surface area (Å²) in [5.74, 6) is 0.533. The first-order chi connectivity index (χ1) is 17.6. The van der Waals surface area contributed by atoms with E-state index < -0.39 is 25.3 Å². The number of hydrogen-bond acceptors (Lipinski definition) is 6. The molecule has 3 N–H and O–H groups in total. The molecule has 3 aromatic rings. The van der Waals surface area contributed by atoms with Crippen LogP contribution in [0, 0.1) is 0 Å². The molecule has 37 heavy (non-hydrogen) atoms. The number of carbonyl (C=O) groups excluding carboxylic acids is 1. The van der Waals surface area contributed by atoms with Crippen LogP contribution in [0.3, 0.4) is 0 Å². The largest absolute Gasteiger partial charge is 0.495 e. The van der Waals surface area contributed by atoms with Gasteiger partial charge in [0.25, 0.3) is 0 Å². The second-order valence-electron chi connectivity index (χ2n) is 10.4. The van der Waals surface area contributed by atoms with Gasteiger partial charge < -0.3 is 29.8 Å². The summed E-state index contributed by atoms with van der Waals surface area (Å²) >= 11 is 0. The Morgan fingerprint density at radius 1 is 0.919 bits per heavy atom. The first-order valence-electron chi connectivity index (χ1n) is 12.7. The fourth-order valence-corrected chi connectivity index (χ4v) is 4.89. The molecule has 0 unspecified atom stereocenters. The molecule has 1 fully saturated rings. The molecule has 3 aromatic carbocycles. The zero-order chi connectivity index (χ0) is 26.4. The summed E-state index contributed by atoms with van der Waals surface area (Å²) < 4.78 is 18.7. The number of nitrogens with one attached hydrogen (secondary N) is 3. The van der Waals surface area contributed by atoms with Crippen molar-refractivity contribution >= 4 is 47.6 Å². The van der Waals surface area contributed by atoms with Gasteiger partial charge in [-0.25, -0.2) is 0 Å². The third kappa shape index (κ3) is 4.47. The Labute approximate surface area is 219 Å². The van der Waals surface area contributed by atoms with E-state index in [1.165, 1.54) is 0 Å². The van der Waals surface area contributed by atoms with Crippen LogP contribution >= 0.6 is 0 Å². The Morgan fingerprint density at radius 3 is 2.00 bits per heavy atom. The van der Waals surface area contributed by atoms with Crippen LogP contribution < -0.4 is 20.5 Å². The number of anilines is 2. The molecule has 2 aliphatic heterocycles. The van der Waals surface area contributed by atoms with Crippen molar-refractivity contribution in [2.45, 2.75) is 45.8 Å². The highest BCUT2D eigenvalue weighted by Gasteiger charge is 2.54. The molecule has 7 nitrogen and oxygen atoms in total. The summed E-state index contributed by atoms with van der Waals surface area (Å²) in [4.78, 5) is 13.6. The van der Waals surface area contributed by atoms with E-state index in [0.717, 1.165) is 33.5 Å². The van der Waals surface area contributed by atoms with E-state index in [1.807, 2.05) is 83.1 Å².